The highest BCUT2D eigenvalue weighted by molar-refractivity contribution is 5.99. The van der Waals surface area contributed by atoms with Gasteiger partial charge in [-0.05, 0) is 46.6 Å². The predicted molar refractivity (Wildman–Crippen MR) is 83.9 cm³/mol. The van der Waals surface area contributed by atoms with E-state index >= 15 is 0 Å². The van der Waals surface area contributed by atoms with Crippen molar-refractivity contribution < 1.29 is 9.37 Å². The Morgan fingerprint density at radius 2 is 2.09 bits per heavy atom. The molecule has 0 fully saturated rings. The molecule has 0 radical (unpaired) electrons. The molecule has 8 nitrogen and oxygen atoms in total. The van der Waals surface area contributed by atoms with E-state index in [1.54, 1.807) is 6.21 Å². The lowest BCUT2D eigenvalue weighted by atomic mass is 10.2. The number of aromatic nitrogens is 2. The molecule has 0 saturated carbocycles. The number of hydrogen-bond acceptors (Lipinski definition) is 7. The van der Waals surface area contributed by atoms with Crippen LogP contribution in [0.1, 0.15) is 31.0 Å². The van der Waals surface area contributed by atoms with E-state index in [9.17, 15) is 0 Å². The van der Waals surface area contributed by atoms with Crippen LogP contribution in [0.4, 0.5) is 5.82 Å². The lowest BCUT2D eigenvalue weighted by Gasteiger charge is -2.04. The Kier molecular flexibility index (Phi) is 5.47. The third-order valence-electron chi connectivity index (χ3n) is 2.78. The Bertz CT molecular complexity index is 648. The van der Waals surface area contributed by atoms with Crippen LogP contribution in [0.2, 0.25) is 0 Å². The number of benzene rings is 1. The minimum absolute atomic E-state index is 0.0366. The van der Waals surface area contributed by atoms with Gasteiger partial charge in [-0.2, -0.15) is 5.10 Å². The van der Waals surface area contributed by atoms with Crippen molar-refractivity contribution in [2.75, 3.05) is 12.3 Å². The highest BCUT2D eigenvalue weighted by Crippen LogP contribution is 2.11. The molecular formula is C14H18N6O2. The standard InChI is InChI=1S/C14H18N6O2/c1-2-3-8-21-11-6-4-10(5-7-11)9-17-18-13(15)12-14(16)20-22-19-12/h4-7,9H,2-3,8H2,1H3,(H2,15,18)(H2,16,20)/b17-9-. The second-order valence-electron chi connectivity index (χ2n) is 4.50. The Morgan fingerprint density at radius 3 is 2.73 bits per heavy atom. The molecule has 116 valence electrons. The quantitative estimate of drug-likeness (QED) is 0.346. The highest BCUT2D eigenvalue weighted by Gasteiger charge is 2.09. The summed E-state index contributed by atoms with van der Waals surface area (Å²) < 4.78 is 10.0. The minimum atomic E-state index is 0.0366. The number of nitrogens with zero attached hydrogens (tertiary/aromatic N) is 4. The van der Waals surface area contributed by atoms with E-state index in [-0.39, 0.29) is 17.3 Å². The molecule has 1 aromatic heterocycles. The van der Waals surface area contributed by atoms with Gasteiger partial charge in [-0.1, -0.05) is 13.3 Å². The van der Waals surface area contributed by atoms with E-state index in [0.717, 1.165) is 30.8 Å². The molecule has 0 aliphatic carbocycles. The molecule has 1 heterocycles. The summed E-state index contributed by atoms with van der Waals surface area (Å²) in [5.41, 5.74) is 12.2. The summed E-state index contributed by atoms with van der Waals surface area (Å²) in [5, 5.41) is 14.6. The van der Waals surface area contributed by atoms with E-state index in [4.69, 9.17) is 16.2 Å². The van der Waals surface area contributed by atoms with Gasteiger partial charge in [0.2, 0.25) is 0 Å². The average Bonchev–Trinajstić information content (AvgIpc) is 2.95. The Hall–Kier alpha value is -2.90. The zero-order valence-corrected chi connectivity index (χ0v) is 12.3. The van der Waals surface area contributed by atoms with Crippen molar-refractivity contribution in [3.63, 3.8) is 0 Å². The third-order valence-corrected chi connectivity index (χ3v) is 2.78. The van der Waals surface area contributed by atoms with E-state index in [0.29, 0.717) is 0 Å². The third kappa shape index (κ3) is 4.30. The summed E-state index contributed by atoms with van der Waals surface area (Å²) in [6.45, 7) is 2.84. The maximum absolute atomic E-state index is 5.67. The molecule has 0 unspecified atom stereocenters. The first-order chi connectivity index (χ1) is 10.7. The van der Waals surface area contributed by atoms with Gasteiger partial charge in [0.1, 0.15) is 5.75 Å². The minimum Gasteiger partial charge on any atom is -0.494 e. The predicted octanol–water partition coefficient (Wildman–Crippen LogP) is 1.57. The molecule has 22 heavy (non-hydrogen) atoms. The molecule has 0 saturated heterocycles. The number of rotatable bonds is 7. The zero-order chi connectivity index (χ0) is 15.8. The molecule has 2 rings (SSSR count). The van der Waals surface area contributed by atoms with Crippen LogP contribution < -0.4 is 16.2 Å². The SMILES string of the molecule is CCCCOc1ccc(/C=N\N=C(\N)c2nonc2N)cc1. The molecule has 2 aromatic rings. The summed E-state index contributed by atoms with van der Waals surface area (Å²) in [7, 11) is 0. The van der Waals surface area contributed by atoms with Crippen LogP contribution in [-0.2, 0) is 0 Å². The maximum atomic E-state index is 5.67. The van der Waals surface area contributed by atoms with Gasteiger partial charge in [0.25, 0.3) is 0 Å². The van der Waals surface area contributed by atoms with Crippen molar-refractivity contribution >= 4 is 17.9 Å². The van der Waals surface area contributed by atoms with Crippen LogP contribution in [0.25, 0.3) is 0 Å². The summed E-state index contributed by atoms with van der Waals surface area (Å²) in [6.07, 6.45) is 3.71. The van der Waals surface area contributed by atoms with Crippen LogP contribution in [0, 0.1) is 0 Å². The number of hydrogen-bond donors (Lipinski definition) is 2. The van der Waals surface area contributed by atoms with Crippen LogP contribution in [0.5, 0.6) is 5.75 Å². The number of amidine groups is 1. The molecule has 0 bridgehead atoms. The lowest BCUT2D eigenvalue weighted by Crippen LogP contribution is -2.15. The normalized spacial score (nSPS) is 12.0. The van der Waals surface area contributed by atoms with Gasteiger partial charge in [0.05, 0.1) is 12.8 Å². The monoisotopic (exact) mass is 302 g/mol. The molecular weight excluding hydrogens is 284 g/mol. The van der Waals surface area contributed by atoms with Crippen molar-refractivity contribution in [2.45, 2.75) is 19.8 Å². The summed E-state index contributed by atoms with van der Waals surface area (Å²) in [4.78, 5) is 0. The number of nitrogens with two attached hydrogens (primary N) is 2. The first kappa shape index (κ1) is 15.5. The number of unbranched alkanes of at least 4 members (excludes halogenated alkanes) is 1. The summed E-state index contributed by atoms with van der Waals surface area (Å²) in [5.74, 6) is 0.939. The Labute approximate surface area is 127 Å². The number of nitrogen functional groups attached to an aromatic ring is 1. The fourth-order valence-corrected chi connectivity index (χ4v) is 1.56. The lowest BCUT2D eigenvalue weighted by molar-refractivity contribution is 0.308. The van der Waals surface area contributed by atoms with E-state index in [2.05, 4.69) is 32.1 Å². The molecule has 1 aromatic carbocycles. The van der Waals surface area contributed by atoms with E-state index in [1.807, 2.05) is 24.3 Å². The van der Waals surface area contributed by atoms with Crippen LogP contribution in [0.15, 0.2) is 39.1 Å². The van der Waals surface area contributed by atoms with Gasteiger partial charge in [-0.15, -0.1) is 5.10 Å². The number of anilines is 1. The highest BCUT2D eigenvalue weighted by atomic mass is 16.6. The van der Waals surface area contributed by atoms with Gasteiger partial charge >= 0.3 is 0 Å². The van der Waals surface area contributed by atoms with Crippen LogP contribution >= 0.6 is 0 Å². The average molecular weight is 302 g/mol. The topological polar surface area (TPSA) is 125 Å². The van der Waals surface area contributed by atoms with Crippen molar-refractivity contribution in [1.29, 1.82) is 0 Å². The second kappa shape index (κ2) is 7.77. The molecule has 0 aliphatic rings. The largest absolute Gasteiger partial charge is 0.494 e. The molecule has 0 spiro atoms. The maximum Gasteiger partial charge on any atom is 0.199 e. The summed E-state index contributed by atoms with van der Waals surface area (Å²) in [6, 6.07) is 7.51. The van der Waals surface area contributed by atoms with Crippen molar-refractivity contribution in [3.05, 3.63) is 35.5 Å². The smallest absolute Gasteiger partial charge is 0.199 e. The molecule has 8 heteroatoms. The van der Waals surface area contributed by atoms with Crippen LogP contribution in [-0.4, -0.2) is 29.0 Å². The van der Waals surface area contributed by atoms with Gasteiger partial charge < -0.3 is 16.2 Å². The fourth-order valence-electron chi connectivity index (χ4n) is 1.56. The molecule has 0 atom stereocenters. The Morgan fingerprint density at radius 1 is 1.32 bits per heavy atom. The Balaban J connectivity index is 1.94. The van der Waals surface area contributed by atoms with Crippen molar-refractivity contribution in [2.24, 2.45) is 15.9 Å². The van der Waals surface area contributed by atoms with Crippen LogP contribution in [0.3, 0.4) is 0 Å². The van der Waals surface area contributed by atoms with Crippen molar-refractivity contribution in [1.82, 2.24) is 10.3 Å². The van der Waals surface area contributed by atoms with Crippen molar-refractivity contribution in [3.8, 4) is 5.75 Å². The van der Waals surface area contributed by atoms with Gasteiger partial charge in [0.15, 0.2) is 17.3 Å². The van der Waals surface area contributed by atoms with E-state index < -0.39 is 0 Å². The summed E-state index contributed by atoms with van der Waals surface area (Å²) >= 11 is 0. The first-order valence-corrected chi connectivity index (χ1v) is 6.88. The van der Waals surface area contributed by atoms with Gasteiger partial charge in [-0.3, -0.25) is 0 Å². The van der Waals surface area contributed by atoms with E-state index in [1.165, 1.54) is 0 Å². The fraction of sp³-hybridized carbons (Fsp3) is 0.286. The first-order valence-electron chi connectivity index (χ1n) is 6.88. The molecule has 0 amide bonds. The van der Waals surface area contributed by atoms with Gasteiger partial charge in [0, 0.05) is 0 Å². The number of ether oxygens (including phenoxy) is 1. The molecule has 4 N–H and O–H groups in total. The van der Waals surface area contributed by atoms with Gasteiger partial charge in [-0.25, -0.2) is 4.63 Å². The zero-order valence-electron chi connectivity index (χ0n) is 12.3. The molecule has 0 aliphatic heterocycles. The second-order valence-corrected chi connectivity index (χ2v) is 4.50.